The number of aryl methyl sites for hydroxylation is 1. The zero-order valence-electron chi connectivity index (χ0n) is 18.2. The Bertz CT molecular complexity index is 1020. The van der Waals surface area contributed by atoms with Gasteiger partial charge in [0.15, 0.2) is 0 Å². The summed E-state index contributed by atoms with van der Waals surface area (Å²) >= 11 is 0. The first-order valence-electron chi connectivity index (χ1n) is 11.0. The van der Waals surface area contributed by atoms with Crippen LogP contribution < -0.4 is 9.47 Å². The summed E-state index contributed by atoms with van der Waals surface area (Å²) < 4.78 is 13.5. The van der Waals surface area contributed by atoms with Crippen molar-refractivity contribution < 1.29 is 9.47 Å². The minimum absolute atomic E-state index is 0.709. The molecule has 0 radical (unpaired) electrons. The van der Waals surface area contributed by atoms with Crippen molar-refractivity contribution in [2.75, 3.05) is 53.0 Å². The number of hydrogen-bond donors (Lipinski definition) is 0. The van der Waals surface area contributed by atoms with Gasteiger partial charge in [0.05, 0.1) is 18.2 Å². The molecule has 3 aromatic rings. The van der Waals surface area contributed by atoms with Crippen LogP contribution in [-0.4, -0.2) is 67.4 Å². The van der Waals surface area contributed by atoms with E-state index in [0.29, 0.717) is 5.56 Å². The number of rotatable bonds is 9. The molecule has 162 valence electrons. The van der Waals surface area contributed by atoms with Gasteiger partial charge >= 0.3 is 0 Å². The van der Waals surface area contributed by atoms with Gasteiger partial charge in [-0.25, -0.2) is 0 Å². The number of nitriles is 1. The van der Waals surface area contributed by atoms with E-state index >= 15 is 0 Å². The number of fused-ring (bicyclic) bond motifs is 1. The van der Waals surface area contributed by atoms with E-state index in [4.69, 9.17) is 9.47 Å². The molecule has 1 fully saturated rings. The van der Waals surface area contributed by atoms with Gasteiger partial charge in [0, 0.05) is 50.9 Å². The van der Waals surface area contributed by atoms with Crippen LogP contribution in [-0.2, 0) is 6.54 Å². The fourth-order valence-corrected chi connectivity index (χ4v) is 4.27. The van der Waals surface area contributed by atoms with Crippen molar-refractivity contribution in [3.63, 3.8) is 0 Å². The van der Waals surface area contributed by atoms with Crippen LogP contribution in [0.15, 0.2) is 54.7 Å². The van der Waals surface area contributed by atoms with Crippen molar-refractivity contribution in [2.24, 2.45) is 0 Å². The Hall–Kier alpha value is -3.01. The molecule has 2 aromatic carbocycles. The zero-order valence-corrected chi connectivity index (χ0v) is 18.2. The molecule has 0 spiro atoms. The molecule has 2 heterocycles. The van der Waals surface area contributed by atoms with Crippen molar-refractivity contribution in [1.29, 1.82) is 5.26 Å². The number of hydrogen-bond acceptors (Lipinski definition) is 5. The highest BCUT2D eigenvalue weighted by Gasteiger charge is 2.17. The maximum Gasteiger partial charge on any atom is 0.143 e. The van der Waals surface area contributed by atoms with Crippen LogP contribution in [0.5, 0.6) is 11.5 Å². The number of para-hydroxylation sites is 2. The molecule has 1 aromatic heterocycles. The second kappa shape index (κ2) is 10.3. The normalized spacial score (nSPS) is 15.1. The lowest BCUT2D eigenvalue weighted by atomic mass is 10.2. The summed E-state index contributed by atoms with van der Waals surface area (Å²) in [5.41, 5.74) is 1.73. The van der Waals surface area contributed by atoms with E-state index < -0.39 is 0 Å². The lowest BCUT2D eigenvalue weighted by Gasteiger charge is -2.34. The minimum atomic E-state index is 0.709. The first-order chi connectivity index (χ1) is 15.3. The predicted molar refractivity (Wildman–Crippen MR) is 123 cm³/mol. The van der Waals surface area contributed by atoms with Crippen LogP contribution in [0.1, 0.15) is 12.0 Å². The third kappa shape index (κ3) is 5.19. The second-order valence-electron chi connectivity index (χ2n) is 7.90. The Kier molecular flexibility index (Phi) is 7.08. The summed E-state index contributed by atoms with van der Waals surface area (Å²) in [6, 6.07) is 18.2. The summed E-state index contributed by atoms with van der Waals surface area (Å²) in [6.07, 6.45) is 3.00. The SMILES string of the molecule is COc1cccc2c(C#N)cn(CCCN3CCN(CCOc4ccccc4)CC3)c12. The van der Waals surface area contributed by atoms with E-state index in [9.17, 15) is 5.26 Å². The molecule has 6 heteroatoms. The van der Waals surface area contributed by atoms with Gasteiger partial charge in [-0.05, 0) is 31.2 Å². The lowest BCUT2D eigenvalue weighted by Crippen LogP contribution is -2.47. The van der Waals surface area contributed by atoms with E-state index in [-0.39, 0.29) is 0 Å². The summed E-state index contributed by atoms with van der Waals surface area (Å²) in [4.78, 5) is 5.01. The number of ether oxygens (including phenoxy) is 2. The highest BCUT2D eigenvalue weighted by atomic mass is 16.5. The summed E-state index contributed by atoms with van der Waals surface area (Å²) in [7, 11) is 1.68. The van der Waals surface area contributed by atoms with Crippen molar-refractivity contribution in [1.82, 2.24) is 14.4 Å². The molecule has 1 aliphatic heterocycles. The lowest BCUT2D eigenvalue weighted by molar-refractivity contribution is 0.115. The third-order valence-corrected chi connectivity index (χ3v) is 5.96. The van der Waals surface area contributed by atoms with E-state index in [1.807, 2.05) is 54.7 Å². The van der Waals surface area contributed by atoms with Crippen molar-refractivity contribution in [3.8, 4) is 17.6 Å². The van der Waals surface area contributed by atoms with E-state index in [1.54, 1.807) is 7.11 Å². The first kappa shape index (κ1) is 21.2. The Labute approximate surface area is 184 Å². The van der Waals surface area contributed by atoms with Gasteiger partial charge in [-0.3, -0.25) is 4.90 Å². The Morgan fingerprint density at radius 2 is 1.65 bits per heavy atom. The van der Waals surface area contributed by atoms with Crippen molar-refractivity contribution in [3.05, 3.63) is 60.3 Å². The standard InChI is InChI=1S/C25H30N4O2/c1-30-24-10-5-9-23-21(19-26)20-29(25(23)24)12-6-11-27-13-15-28(16-14-27)17-18-31-22-7-3-2-4-8-22/h2-5,7-10,20H,6,11-18H2,1H3. The van der Waals surface area contributed by atoms with Crippen LogP contribution in [0.4, 0.5) is 0 Å². The smallest absolute Gasteiger partial charge is 0.143 e. The van der Waals surface area contributed by atoms with Crippen molar-refractivity contribution >= 4 is 10.9 Å². The van der Waals surface area contributed by atoms with Gasteiger partial charge in [-0.1, -0.05) is 30.3 Å². The monoisotopic (exact) mass is 418 g/mol. The maximum atomic E-state index is 9.47. The average molecular weight is 419 g/mol. The summed E-state index contributed by atoms with van der Waals surface area (Å²) in [5, 5.41) is 10.4. The van der Waals surface area contributed by atoms with E-state index in [2.05, 4.69) is 20.4 Å². The van der Waals surface area contributed by atoms with Crippen LogP contribution in [0.25, 0.3) is 10.9 Å². The molecule has 0 amide bonds. The second-order valence-corrected chi connectivity index (χ2v) is 7.90. The predicted octanol–water partition coefficient (Wildman–Crippen LogP) is 3.61. The third-order valence-electron chi connectivity index (χ3n) is 5.96. The Balaban J connectivity index is 1.22. The minimum Gasteiger partial charge on any atom is -0.495 e. The first-order valence-corrected chi connectivity index (χ1v) is 11.0. The fraction of sp³-hybridized carbons (Fsp3) is 0.400. The van der Waals surface area contributed by atoms with E-state index in [0.717, 1.165) is 81.2 Å². The topological polar surface area (TPSA) is 53.7 Å². The van der Waals surface area contributed by atoms with Crippen LogP contribution in [0.3, 0.4) is 0 Å². The van der Waals surface area contributed by atoms with Crippen molar-refractivity contribution in [2.45, 2.75) is 13.0 Å². The fourth-order valence-electron chi connectivity index (χ4n) is 4.27. The van der Waals surface area contributed by atoms with Crippen LogP contribution in [0, 0.1) is 11.3 Å². The number of methoxy groups -OCH3 is 1. The van der Waals surface area contributed by atoms with Gasteiger partial charge in [0.1, 0.15) is 24.2 Å². The highest BCUT2D eigenvalue weighted by molar-refractivity contribution is 5.91. The summed E-state index contributed by atoms with van der Waals surface area (Å²) in [5.74, 6) is 1.76. The zero-order chi connectivity index (χ0) is 21.5. The van der Waals surface area contributed by atoms with Crippen LogP contribution in [0.2, 0.25) is 0 Å². The molecule has 0 bridgehead atoms. The molecule has 31 heavy (non-hydrogen) atoms. The molecule has 0 saturated carbocycles. The highest BCUT2D eigenvalue weighted by Crippen LogP contribution is 2.29. The number of aromatic nitrogens is 1. The van der Waals surface area contributed by atoms with Gasteiger partial charge < -0.3 is 18.9 Å². The van der Waals surface area contributed by atoms with E-state index in [1.165, 1.54) is 0 Å². The van der Waals surface area contributed by atoms with Gasteiger partial charge in [0.2, 0.25) is 0 Å². The average Bonchev–Trinajstić information content (AvgIpc) is 3.19. The molecule has 0 unspecified atom stereocenters. The van der Waals surface area contributed by atoms with Gasteiger partial charge in [-0.15, -0.1) is 0 Å². The largest absolute Gasteiger partial charge is 0.495 e. The number of nitrogens with zero attached hydrogens (tertiary/aromatic N) is 4. The Morgan fingerprint density at radius 1 is 0.903 bits per heavy atom. The number of piperazine rings is 1. The van der Waals surface area contributed by atoms with Crippen LogP contribution >= 0.6 is 0 Å². The molecule has 0 N–H and O–H groups in total. The molecule has 1 aliphatic rings. The summed E-state index contributed by atoms with van der Waals surface area (Å²) in [6.45, 7) is 7.97. The molecule has 6 nitrogen and oxygen atoms in total. The maximum absolute atomic E-state index is 9.47. The molecule has 0 atom stereocenters. The quantitative estimate of drug-likeness (QED) is 0.531. The molecular weight excluding hydrogens is 388 g/mol. The molecular formula is C25H30N4O2. The molecule has 0 aliphatic carbocycles. The molecule has 1 saturated heterocycles. The van der Waals surface area contributed by atoms with Gasteiger partial charge in [0.25, 0.3) is 0 Å². The number of benzene rings is 2. The molecule has 4 rings (SSSR count). The Morgan fingerprint density at radius 3 is 2.35 bits per heavy atom. The van der Waals surface area contributed by atoms with Gasteiger partial charge in [-0.2, -0.15) is 5.26 Å².